The second kappa shape index (κ2) is 7.96. The molecule has 1 unspecified atom stereocenters. The Labute approximate surface area is 176 Å². The van der Waals surface area contributed by atoms with Crippen molar-refractivity contribution in [1.82, 2.24) is 24.8 Å². The van der Waals surface area contributed by atoms with Gasteiger partial charge in [0.2, 0.25) is 5.91 Å². The minimum atomic E-state index is -0.453. The number of fused-ring (bicyclic) bond motifs is 3. The van der Waals surface area contributed by atoms with Crippen LogP contribution >= 0.6 is 11.3 Å². The summed E-state index contributed by atoms with van der Waals surface area (Å²) < 4.78 is 16.3. The summed E-state index contributed by atoms with van der Waals surface area (Å²) >= 11 is 1.42. The van der Waals surface area contributed by atoms with Crippen molar-refractivity contribution < 1.29 is 9.18 Å². The summed E-state index contributed by atoms with van der Waals surface area (Å²) in [5.41, 5.74) is 9.13. The molecule has 0 bridgehead atoms. The smallest absolute Gasteiger partial charge is 0.217 e. The molecule has 30 heavy (non-hydrogen) atoms. The average molecular weight is 428 g/mol. The lowest BCUT2D eigenvalue weighted by molar-refractivity contribution is -0.119. The lowest BCUT2D eigenvalue weighted by Crippen LogP contribution is -2.24. The molecule has 0 saturated carbocycles. The molecule has 4 N–H and O–H groups in total. The zero-order valence-electron chi connectivity index (χ0n) is 16.9. The number of pyridine rings is 1. The molecule has 0 radical (unpaired) electrons. The van der Waals surface area contributed by atoms with Crippen LogP contribution in [0.3, 0.4) is 0 Å². The van der Waals surface area contributed by atoms with Crippen LogP contribution in [-0.4, -0.2) is 38.5 Å². The maximum Gasteiger partial charge on any atom is 0.217 e. The van der Waals surface area contributed by atoms with Crippen molar-refractivity contribution in [2.45, 2.75) is 19.9 Å². The number of halogens is 1. The number of imidazole rings is 1. The van der Waals surface area contributed by atoms with E-state index in [1.807, 2.05) is 11.6 Å². The number of amides is 1. The standard InChI is InChI=1S/C20H22FN7OS/c1-10(25-11(2)29)13-8-12(4-5-14(13)21)19-26-16-17-15(24-9-28(17)3)18(23-7-6-22)27-20(16)30-19/h4-5,8-10H,6-7,22H2,1-3H3,(H,23,27)(H,25,29). The van der Waals surface area contributed by atoms with E-state index in [-0.39, 0.29) is 11.7 Å². The summed E-state index contributed by atoms with van der Waals surface area (Å²) in [5, 5.41) is 6.66. The maximum atomic E-state index is 14.4. The molecule has 0 aliphatic rings. The van der Waals surface area contributed by atoms with Gasteiger partial charge in [-0.1, -0.05) is 11.3 Å². The summed E-state index contributed by atoms with van der Waals surface area (Å²) in [6.45, 7) is 4.22. The van der Waals surface area contributed by atoms with Crippen molar-refractivity contribution in [2.75, 3.05) is 18.4 Å². The number of nitrogens with one attached hydrogen (secondary N) is 2. The van der Waals surface area contributed by atoms with Crippen molar-refractivity contribution in [1.29, 1.82) is 0 Å². The number of benzene rings is 1. The van der Waals surface area contributed by atoms with Crippen LogP contribution in [-0.2, 0) is 11.8 Å². The van der Waals surface area contributed by atoms with Crippen molar-refractivity contribution in [3.05, 3.63) is 35.9 Å². The van der Waals surface area contributed by atoms with Crippen LogP contribution in [0.4, 0.5) is 10.2 Å². The Kier molecular flexibility index (Phi) is 5.35. The number of thiazole rings is 1. The van der Waals surface area contributed by atoms with Crippen molar-refractivity contribution >= 4 is 44.4 Å². The highest BCUT2D eigenvalue weighted by Crippen LogP contribution is 2.36. The van der Waals surface area contributed by atoms with Crippen molar-refractivity contribution in [3.8, 4) is 10.6 Å². The first-order valence-corrected chi connectivity index (χ1v) is 10.3. The van der Waals surface area contributed by atoms with Crippen LogP contribution in [0, 0.1) is 5.82 Å². The van der Waals surface area contributed by atoms with Gasteiger partial charge in [-0.3, -0.25) is 4.79 Å². The monoisotopic (exact) mass is 427 g/mol. The molecular weight excluding hydrogens is 405 g/mol. The van der Waals surface area contributed by atoms with E-state index < -0.39 is 6.04 Å². The number of anilines is 1. The fourth-order valence-electron chi connectivity index (χ4n) is 3.41. The van der Waals surface area contributed by atoms with Crippen LogP contribution in [0.2, 0.25) is 0 Å². The number of carbonyl (C=O) groups is 1. The minimum Gasteiger partial charge on any atom is -0.367 e. The summed E-state index contributed by atoms with van der Waals surface area (Å²) in [6.07, 6.45) is 1.73. The predicted octanol–water partition coefficient (Wildman–Crippen LogP) is 2.95. The van der Waals surface area contributed by atoms with Crippen LogP contribution in [0.15, 0.2) is 24.5 Å². The second-order valence-corrected chi connectivity index (χ2v) is 8.04. The molecule has 0 fully saturated rings. The normalized spacial score (nSPS) is 12.4. The first-order valence-electron chi connectivity index (χ1n) is 9.51. The molecule has 4 rings (SSSR count). The van der Waals surface area contributed by atoms with E-state index in [0.29, 0.717) is 29.5 Å². The zero-order chi connectivity index (χ0) is 21.4. The summed E-state index contributed by atoms with van der Waals surface area (Å²) in [4.78, 5) is 26.1. The Bertz CT molecular complexity index is 1250. The molecule has 3 aromatic heterocycles. The van der Waals surface area contributed by atoms with Crippen molar-refractivity contribution in [2.24, 2.45) is 12.8 Å². The van der Waals surface area contributed by atoms with E-state index >= 15 is 0 Å². The van der Waals surface area contributed by atoms with Crippen molar-refractivity contribution in [3.63, 3.8) is 0 Å². The highest BCUT2D eigenvalue weighted by Gasteiger charge is 2.19. The van der Waals surface area contributed by atoms with E-state index in [0.717, 1.165) is 26.9 Å². The number of nitrogens with zero attached hydrogens (tertiary/aromatic N) is 4. The molecule has 10 heteroatoms. The van der Waals surface area contributed by atoms with E-state index in [9.17, 15) is 9.18 Å². The van der Waals surface area contributed by atoms with Gasteiger partial charge in [0.1, 0.15) is 32.2 Å². The number of carbonyl (C=O) groups excluding carboxylic acids is 1. The van der Waals surface area contributed by atoms with Gasteiger partial charge in [0, 0.05) is 38.2 Å². The van der Waals surface area contributed by atoms with Gasteiger partial charge >= 0.3 is 0 Å². The quantitative estimate of drug-likeness (QED) is 0.436. The molecule has 0 saturated heterocycles. The lowest BCUT2D eigenvalue weighted by atomic mass is 10.0. The number of hydrogen-bond donors (Lipinski definition) is 3. The van der Waals surface area contributed by atoms with Crippen LogP contribution in [0.5, 0.6) is 0 Å². The molecule has 156 valence electrons. The number of hydrogen-bond acceptors (Lipinski definition) is 7. The van der Waals surface area contributed by atoms with Crippen LogP contribution in [0.1, 0.15) is 25.5 Å². The van der Waals surface area contributed by atoms with Gasteiger partial charge in [-0.25, -0.2) is 19.3 Å². The molecule has 0 aliphatic carbocycles. The number of aromatic nitrogens is 4. The highest BCUT2D eigenvalue weighted by atomic mass is 32.1. The van der Waals surface area contributed by atoms with Gasteiger partial charge in [0.25, 0.3) is 0 Å². The van der Waals surface area contributed by atoms with E-state index in [2.05, 4.69) is 15.6 Å². The third kappa shape index (κ3) is 3.59. The molecule has 4 aromatic rings. The van der Waals surface area contributed by atoms with Gasteiger partial charge in [-0.2, -0.15) is 0 Å². The Morgan fingerprint density at radius 2 is 2.13 bits per heavy atom. The van der Waals surface area contributed by atoms with E-state index in [1.165, 1.54) is 24.3 Å². The second-order valence-electron chi connectivity index (χ2n) is 7.06. The molecule has 3 heterocycles. The SMILES string of the molecule is CC(=O)NC(C)c1cc(-c2nc3c(nc(NCCN)c4ncn(C)c43)s2)ccc1F. The first kappa shape index (κ1) is 20.2. The minimum absolute atomic E-state index is 0.215. The van der Waals surface area contributed by atoms with Gasteiger partial charge in [-0.15, -0.1) is 0 Å². The molecule has 1 atom stereocenters. The largest absolute Gasteiger partial charge is 0.367 e. The Balaban J connectivity index is 1.83. The Hall–Kier alpha value is -3.11. The molecule has 1 aromatic carbocycles. The number of aryl methyl sites for hydroxylation is 1. The van der Waals surface area contributed by atoms with Gasteiger partial charge < -0.3 is 20.9 Å². The lowest BCUT2D eigenvalue weighted by Gasteiger charge is -2.14. The van der Waals surface area contributed by atoms with Gasteiger partial charge in [0.15, 0.2) is 5.82 Å². The van der Waals surface area contributed by atoms with Crippen LogP contribution in [0.25, 0.3) is 32.0 Å². The topological polar surface area (TPSA) is 111 Å². The average Bonchev–Trinajstić information content (AvgIpc) is 3.29. The maximum absolute atomic E-state index is 14.4. The van der Waals surface area contributed by atoms with E-state index in [4.69, 9.17) is 15.7 Å². The molecule has 0 aliphatic heterocycles. The number of nitrogens with two attached hydrogens (primary N) is 1. The van der Waals surface area contributed by atoms with Gasteiger partial charge in [0.05, 0.1) is 12.4 Å². The summed E-state index contributed by atoms with van der Waals surface area (Å²) in [7, 11) is 1.91. The zero-order valence-corrected chi connectivity index (χ0v) is 17.7. The highest BCUT2D eigenvalue weighted by molar-refractivity contribution is 7.21. The molecule has 1 amide bonds. The summed E-state index contributed by atoms with van der Waals surface area (Å²) in [5.74, 6) is 0.0759. The Morgan fingerprint density at radius 3 is 2.87 bits per heavy atom. The van der Waals surface area contributed by atoms with Crippen LogP contribution < -0.4 is 16.4 Å². The van der Waals surface area contributed by atoms with Gasteiger partial charge in [-0.05, 0) is 25.1 Å². The Morgan fingerprint density at radius 1 is 1.33 bits per heavy atom. The number of rotatable bonds is 6. The predicted molar refractivity (Wildman–Crippen MR) is 117 cm³/mol. The third-order valence-electron chi connectivity index (χ3n) is 4.77. The molecular formula is C20H22FN7OS. The summed E-state index contributed by atoms with van der Waals surface area (Å²) in [6, 6.07) is 4.36. The van der Waals surface area contributed by atoms with E-state index in [1.54, 1.807) is 25.4 Å². The molecule has 8 nitrogen and oxygen atoms in total. The fraction of sp³-hybridized carbons (Fsp3) is 0.300. The third-order valence-corrected chi connectivity index (χ3v) is 5.77. The first-order chi connectivity index (χ1) is 14.4. The fourth-order valence-corrected chi connectivity index (χ4v) is 4.35. The molecule has 0 spiro atoms.